The maximum absolute atomic E-state index is 9.92. The summed E-state index contributed by atoms with van der Waals surface area (Å²) >= 11 is 8.29. The van der Waals surface area contributed by atoms with E-state index >= 15 is 0 Å². The summed E-state index contributed by atoms with van der Waals surface area (Å²) in [6, 6.07) is 15.7. The number of anilines is 2. The molecule has 5 rings (SSSR count). The number of hydrogen-bond donors (Lipinski definition) is 2. The molecule has 0 aliphatic rings. The van der Waals surface area contributed by atoms with Gasteiger partial charge in [0.05, 0.1) is 16.1 Å². The van der Waals surface area contributed by atoms with Gasteiger partial charge in [0.25, 0.3) is 0 Å². The number of hydrogen-bond acceptors (Lipinski definition) is 6. The third-order valence-corrected chi connectivity index (χ3v) is 7.29. The van der Waals surface area contributed by atoms with E-state index in [-0.39, 0.29) is 0 Å². The van der Waals surface area contributed by atoms with E-state index in [2.05, 4.69) is 43.6 Å². The van der Waals surface area contributed by atoms with Gasteiger partial charge < -0.3 is 19.7 Å². The lowest BCUT2D eigenvalue weighted by molar-refractivity contribution is 0.0680. The molecule has 3 aromatic heterocycles. The quantitative estimate of drug-likeness (QED) is 0.182. The lowest BCUT2D eigenvalue weighted by Gasteiger charge is -2.16. The average molecular weight is 521 g/mol. The Balaban J connectivity index is 1.30. The number of ether oxygens (including phenoxy) is 1. The van der Waals surface area contributed by atoms with Crippen LogP contribution in [0, 0.1) is 0 Å². The topological polar surface area (TPSA) is 72.2 Å². The lowest BCUT2D eigenvalue weighted by Crippen LogP contribution is -2.17. The number of halogens is 1. The molecule has 0 aliphatic carbocycles. The summed E-state index contributed by atoms with van der Waals surface area (Å²) < 4.78 is 9.51. The maximum atomic E-state index is 9.92. The van der Waals surface area contributed by atoms with Gasteiger partial charge in [-0.3, -0.25) is 0 Å². The summed E-state index contributed by atoms with van der Waals surface area (Å²) in [5.41, 5.74) is 2.06. The van der Waals surface area contributed by atoms with E-state index in [9.17, 15) is 5.11 Å². The molecular weight excluding hydrogens is 492 g/mol. The Bertz CT molecular complexity index is 1490. The van der Waals surface area contributed by atoms with Crippen molar-refractivity contribution in [2.24, 2.45) is 0 Å². The minimum Gasteiger partial charge on any atom is -0.455 e. The zero-order valence-corrected chi connectivity index (χ0v) is 21.9. The highest BCUT2D eigenvalue weighted by atomic mass is 35.5. The fraction of sp³-hybridized carbons (Fsp3) is 0.286. The predicted octanol–water partition coefficient (Wildman–Crippen LogP) is 8.17. The van der Waals surface area contributed by atoms with Gasteiger partial charge in [0.15, 0.2) is 5.82 Å². The molecule has 8 heteroatoms. The Morgan fingerprint density at radius 1 is 1.06 bits per heavy atom. The third kappa shape index (κ3) is 5.64. The van der Waals surface area contributed by atoms with Crippen molar-refractivity contribution in [3.63, 3.8) is 0 Å². The number of aromatic nitrogens is 3. The van der Waals surface area contributed by atoms with Gasteiger partial charge in [0.1, 0.15) is 23.3 Å². The van der Waals surface area contributed by atoms with E-state index in [1.165, 1.54) is 4.70 Å². The van der Waals surface area contributed by atoms with Crippen LogP contribution in [0.4, 0.5) is 11.5 Å². The molecule has 2 N–H and O–H groups in total. The van der Waals surface area contributed by atoms with Crippen molar-refractivity contribution in [3.8, 4) is 11.5 Å². The summed E-state index contributed by atoms with van der Waals surface area (Å²) in [6.45, 7) is 4.58. The summed E-state index contributed by atoms with van der Waals surface area (Å²) in [7, 11) is 0. The first kappa shape index (κ1) is 24.6. The number of thiophene rings is 1. The minimum absolute atomic E-state index is 0.514. The monoisotopic (exact) mass is 520 g/mol. The average Bonchev–Trinajstić information content (AvgIpc) is 3.48. The van der Waals surface area contributed by atoms with Crippen LogP contribution in [0.2, 0.25) is 5.02 Å². The maximum Gasteiger partial charge on any atom is 0.158 e. The van der Waals surface area contributed by atoms with Crippen molar-refractivity contribution in [3.05, 3.63) is 71.5 Å². The molecule has 36 heavy (non-hydrogen) atoms. The summed E-state index contributed by atoms with van der Waals surface area (Å²) in [5, 5.41) is 17.0. The Kier molecular flexibility index (Phi) is 7.14. The smallest absolute Gasteiger partial charge is 0.158 e. The molecule has 6 nitrogen and oxygen atoms in total. The van der Waals surface area contributed by atoms with Crippen LogP contribution in [0.3, 0.4) is 0 Å². The van der Waals surface area contributed by atoms with Crippen LogP contribution >= 0.6 is 22.9 Å². The first-order chi connectivity index (χ1) is 17.4. The molecule has 2 aromatic carbocycles. The van der Waals surface area contributed by atoms with Crippen molar-refractivity contribution in [2.45, 2.75) is 51.7 Å². The first-order valence-corrected chi connectivity index (χ1v) is 13.4. The number of fused-ring (bicyclic) bond motifs is 2. The van der Waals surface area contributed by atoms with E-state index in [0.29, 0.717) is 10.8 Å². The number of nitrogens with zero attached hydrogens (tertiary/aromatic N) is 3. The van der Waals surface area contributed by atoms with Crippen LogP contribution in [-0.4, -0.2) is 25.2 Å². The highest BCUT2D eigenvalue weighted by Crippen LogP contribution is 2.37. The summed E-state index contributed by atoms with van der Waals surface area (Å²) in [5.74, 6) is 2.12. The fourth-order valence-corrected chi connectivity index (χ4v) is 5.32. The van der Waals surface area contributed by atoms with Gasteiger partial charge >= 0.3 is 0 Å². The third-order valence-electron chi connectivity index (χ3n) is 6.11. The molecule has 0 spiro atoms. The SMILES string of the molecule is CC(C)(O)CCCCCn1ccc2ncnc(Nc3ccc(Oc4cccc5sccc45)c(Cl)c3)c21. The van der Waals surface area contributed by atoms with Crippen molar-refractivity contribution in [1.82, 2.24) is 14.5 Å². The first-order valence-electron chi connectivity index (χ1n) is 12.1. The second kappa shape index (κ2) is 10.5. The molecule has 0 radical (unpaired) electrons. The highest BCUT2D eigenvalue weighted by Gasteiger charge is 2.13. The van der Waals surface area contributed by atoms with E-state index in [1.807, 2.05) is 50.2 Å². The lowest BCUT2D eigenvalue weighted by atomic mass is 10.0. The Labute approximate surface area is 219 Å². The second-order valence-corrected chi connectivity index (χ2v) is 10.9. The molecule has 186 valence electrons. The van der Waals surface area contributed by atoms with Crippen LogP contribution in [0.5, 0.6) is 11.5 Å². The van der Waals surface area contributed by atoms with Crippen LogP contribution < -0.4 is 10.1 Å². The molecule has 5 aromatic rings. The number of aryl methyl sites for hydroxylation is 1. The van der Waals surface area contributed by atoms with E-state index < -0.39 is 5.60 Å². The van der Waals surface area contributed by atoms with Gasteiger partial charge in [-0.15, -0.1) is 11.3 Å². The van der Waals surface area contributed by atoms with Gasteiger partial charge in [-0.2, -0.15) is 0 Å². The molecule has 0 saturated carbocycles. The van der Waals surface area contributed by atoms with Crippen LogP contribution in [0.25, 0.3) is 21.1 Å². The Hall–Kier alpha value is -3.13. The molecule has 0 amide bonds. The number of benzene rings is 2. The zero-order chi connectivity index (χ0) is 25.1. The van der Waals surface area contributed by atoms with E-state index in [1.54, 1.807) is 17.7 Å². The van der Waals surface area contributed by atoms with Crippen molar-refractivity contribution < 1.29 is 9.84 Å². The standard InChI is InChI=1S/C28H29ClN4O2S/c1-28(2,34)13-4-3-5-14-33-15-11-22-26(33)27(31-18-30-22)32-19-9-10-24(21(29)17-19)35-23-7-6-8-25-20(23)12-16-36-25/h6-12,15-18,34H,3-5,13-14H2,1-2H3,(H,30,31,32). The largest absolute Gasteiger partial charge is 0.455 e. The molecule has 0 unspecified atom stereocenters. The van der Waals surface area contributed by atoms with Crippen molar-refractivity contribution in [1.29, 1.82) is 0 Å². The predicted molar refractivity (Wildman–Crippen MR) is 149 cm³/mol. The zero-order valence-electron chi connectivity index (χ0n) is 20.4. The van der Waals surface area contributed by atoms with Gasteiger partial charge in [-0.25, -0.2) is 9.97 Å². The number of aliphatic hydroxyl groups is 1. The van der Waals surface area contributed by atoms with E-state index in [0.717, 1.165) is 65.9 Å². The fourth-order valence-electron chi connectivity index (χ4n) is 4.30. The Morgan fingerprint density at radius 2 is 1.94 bits per heavy atom. The molecule has 0 aliphatic heterocycles. The minimum atomic E-state index is -0.607. The molecule has 0 fully saturated rings. The second-order valence-electron chi connectivity index (χ2n) is 9.55. The van der Waals surface area contributed by atoms with Gasteiger partial charge in [-0.1, -0.05) is 30.5 Å². The number of unbranched alkanes of at least 4 members (excludes halogenated alkanes) is 2. The number of nitrogens with one attached hydrogen (secondary N) is 1. The normalized spacial score (nSPS) is 11.9. The van der Waals surface area contributed by atoms with Crippen molar-refractivity contribution in [2.75, 3.05) is 5.32 Å². The molecule has 3 heterocycles. The molecule has 0 saturated heterocycles. The summed E-state index contributed by atoms with van der Waals surface area (Å²) in [4.78, 5) is 8.94. The van der Waals surface area contributed by atoms with Crippen molar-refractivity contribution >= 4 is 55.6 Å². The van der Waals surface area contributed by atoms with Crippen LogP contribution in [0.1, 0.15) is 39.5 Å². The molecule has 0 atom stereocenters. The van der Waals surface area contributed by atoms with E-state index in [4.69, 9.17) is 16.3 Å². The van der Waals surface area contributed by atoms with Crippen LogP contribution in [0.15, 0.2) is 66.4 Å². The van der Waals surface area contributed by atoms with Crippen LogP contribution in [-0.2, 0) is 6.54 Å². The molecule has 0 bridgehead atoms. The number of rotatable bonds is 10. The van der Waals surface area contributed by atoms with Gasteiger partial charge in [-0.05, 0) is 74.5 Å². The van der Waals surface area contributed by atoms with Gasteiger partial charge in [0.2, 0.25) is 0 Å². The van der Waals surface area contributed by atoms with Gasteiger partial charge in [0, 0.05) is 28.5 Å². The Morgan fingerprint density at radius 3 is 2.78 bits per heavy atom. The summed E-state index contributed by atoms with van der Waals surface area (Å²) in [6.07, 6.45) is 7.49. The molecular formula is C28H29ClN4O2S. The highest BCUT2D eigenvalue weighted by molar-refractivity contribution is 7.17.